The fourth-order valence-electron chi connectivity index (χ4n) is 3.17. The molecule has 0 spiro atoms. The van der Waals surface area contributed by atoms with Crippen molar-refractivity contribution in [3.05, 3.63) is 53.3 Å². The van der Waals surface area contributed by atoms with Gasteiger partial charge in [0.25, 0.3) is 0 Å². The lowest BCUT2D eigenvalue weighted by molar-refractivity contribution is -0.164. The number of allylic oxidation sites excluding steroid dienone is 2. The molecule has 31 heavy (non-hydrogen) atoms. The van der Waals surface area contributed by atoms with Crippen LogP contribution in [0.1, 0.15) is 58.9 Å². The van der Waals surface area contributed by atoms with Crippen LogP contribution in [0.5, 0.6) is 5.75 Å². The number of hydrogen-bond donors (Lipinski definition) is 1. The van der Waals surface area contributed by atoms with Crippen LogP contribution in [0.15, 0.2) is 47.7 Å². The van der Waals surface area contributed by atoms with E-state index in [1.165, 1.54) is 11.1 Å². The standard InChI is InChI=1S/C25H38N2O4/c1-5-20-8-11-22(27(19-20)30-18-15-24(28)31-25(2,3)4)14-17-29-23-12-9-21(10-13-23)7-6-16-26/h8-13H,5-7,14-19,26H2,1-4H3. The van der Waals surface area contributed by atoms with E-state index < -0.39 is 5.60 Å². The maximum Gasteiger partial charge on any atom is 0.308 e. The van der Waals surface area contributed by atoms with Gasteiger partial charge < -0.3 is 15.2 Å². The maximum atomic E-state index is 11.9. The Morgan fingerprint density at radius 3 is 2.48 bits per heavy atom. The number of aryl methyl sites for hydroxylation is 1. The average molecular weight is 431 g/mol. The van der Waals surface area contributed by atoms with E-state index in [4.69, 9.17) is 20.0 Å². The summed E-state index contributed by atoms with van der Waals surface area (Å²) >= 11 is 0. The first-order chi connectivity index (χ1) is 14.8. The second-order valence-corrected chi connectivity index (χ2v) is 8.68. The molecular formula is C25H38N2O4. The van der Waals surface area contributed by atoms with Gasteiger partial charge in [0.2, 0.25) is 0 Å². The molecule has 0 radical (unpaired) electrons. The number of hydroxylamine groups is 2. The summed E-state index contributed by atoms with van der Waals surface area (Å²) in [6, 6.07) is 8.19. The van der Waals surface area contributed by atoms with Crippen LogP contribution < -0.4 is 10.5 Å². The highest BCUT2D eigenvalue weighted by Crippen LogP contribution is 2.21. The zero-order valence-corrected chi connectivity index (χ0v) is 19.5. The average Bonchev–Trinajstić information content (AvgIpc) is 2.72. The lowest BCUT2D eigenvalue weighted by Crippen LogP contribution is -2.30. The van der Waals surface area contributed by atoms with Crippen LogP contribution in [0, 0.1) is 0 Å². The minimum Gasteiger partial charge on any atom is -0.493 e. The van der Waals surface area contributed by atoms with Gasteiger partial charge in [-0.2, -0.15) is 0 Å². The summed E-state index contributed by atoms with van der Waals surface area (Å²) in [7, 11) is 0. The van der Waals surface area contributed by atoms with Crippen LogP contribution in [0.2, 0.25) is 0 Å². The summed E-state index contributed by atoms with van der Waals surface area (Å²) in [4.78, 5) is 17.9. The molecule has 6 nitrogen and oxygen atoms in total. The zero-order valence-electron chi connectivity index (χ0n) is 19.5. The molecule has 2 rings (SSSR count). The van der Waals surface area contributed by atoms with Gasteiger partial charge in [0.15, 0.2) is 0 Å². The molecule has 0 bridgehead atoms. The predicted molar refractivity (Wildman–Crippen MR) is 124 cm³/mol. The van der Waals surface area contributed by atoms with Crippen molar-refractivity contribution in [2.75, 3.05) is 26.3 Å². The molecule has 0 amide bonds. The first-order valence-electron chi connectivity index (χ1n) is 11.2. The predicted octanol–water partition coefficient (Wildman–Crippen LogP) is 4.55. The van der Waals surface area contributed by atoms with Gasteiger partial charge in [0, 0.05) is 12.1 Å². The van der Waals surface area contributed by atoms with Crippen molar-refractivity contribution in [2.45, 2.75) is 65.4 Å². The lowest BCUT2D eigenvalue weighted by Gasteiger charge is -2.30. The number of nitrogens with two attached hydrogens (primary N) is 1. The number of carbonyl (C=O) groups excluding carboxylic acids is 1. The largest absolute Gasteiger partial charge is 0.493 e. The third-order valence-electron chi connectivity index (χ3n) is 4.83. The molecule has 1 aromatic carbocycles. The van der Waals surface area contributed by atoms with Gasteiger partial charge in [-0.1, -0.05) is 25.1 Å². The number of carbonyl (C=O) groups is 1. The molecule has 2 N–H and O–H groups in total. The van der Waals surface area contributed by atoms with Crippen molar-refractivity contribution in [1.29, 1.82) is 0 Å². The smallest absolute Gasteiger partial charge is 0.308 e. The number of nitrogens with zero attached hydrogens (tertiary/aromatic N) is 1. The Kier molecular flexibility index (Phi) is 10.1. The van der Waals surface area contributed by atoms with Crippen molar-refractivity contribution >= 4 is 5.97 Å². The normalized spacial score (nSPS) is 14.2. The molecule has 0 saturated carbocycles. The van der Waals surface area contributed by atoms with E-state index in [1.807, 2.05) is 38.0 Å². The van der Waals surface area contributed by atoms with Crippen LogP contribution in [0.25, 0.3) is 0 Å². The van der Waals surface area contributed by atoms with Crippen molar-refractivity contribution in [3.8, 4) is 5.75 Å². The highest BCUT2D eigenvalue weighted by atomic mass is 16.7. The summed E-state index contributed by atoms with van der Waals surface area (Å²) in [5, 5.41) is 1.88. The topological polar surface area (TPSA) is 74.0 Å². The van der Waals surface area contributed by atoms with Gasteiger partial charge in [-0.25, -0.2) is 0 Å². The van der Waals surface area contributed by atoms with E-state index in [2.05, 4.69) is 31.2 Å². The van der Waals surface area contributed by atoms with Gasteiger partial charge in [0.05, 0.1) is 26.2 Å². The zero-order chi connectivity index (χ0) is 22.7. The van der Waals surface area contributed by atoms with E-state index in [1.54, 1.807) is 0 Å². The van der Waals surface area contributed by atoms with Gasteiger partial charge >= 0.3 is 5.97 Å². The Bertz CT molecular complexity index is 748. The van der Waals surface area contributed by atoms with E-state index in [0.717, 1.165) is 37.1 Å². The summed E-state index contributed by atoms with van der Waals surface area (Å²) < 4.78 is 11.3. The Balaban J connectivity index is 1.83. The van der Waals surface area contributed by atoms with Crippen LogP contribution in [-0.2, 0) is 20.8 Å². The molecule has 0 fully saturated rings. The van der Waals surface area contributed by atoms with Crippen LogP contribution >= 0.6 is 0 Å². The third-order valence-corrected chi connectivity index (χ3v) is 4.83. The Labute approximate surface area is 187 Å². The summed E-state index contributed by atoms with van der Waals surface area (Å²) in [5.41, 5.74) is 8.69. The first kappa shape index (κ1) is 25.0. The van der Waals surface area contributed by atoms with Gasteiger partial charge in [-0.05, 0) is 75.9 Å². The molecule has 0 unspecified atom stereocenters. The fraction of sp³-hybridized carbons (Fsp3) is 0.560. The van der Waals surface area contributed by atoms with Gasteiger partial charge in [-0.3, -0.25) is 14.7 Å². The van der Waals surface area contributed by atoms with E-state index in [9.17, 15) is 4.79 Å². The number of benzene rings is 1. The molecule has 172 valence electrons. The first-order valence-corrected chi connectivity index (χ1v) is 11.2. The van der Waals surface area contributed by atoms with Crippen molar-refractivity contribution in [3.63, 3.8) is 0 Å². The quantitative estimate of drug-likeness (QED) is 0.491. The van der Waals surface area contributed by atoms with E-state index >= 15 is 0 Å². The van der Waals surface area contributed by atoms with Gasteiger partial charge in [0.1, 0.15) is 11.4 Å². The minimum absolute atomic E-state index is 0.221. The van der Waals surface area contributed by atoms with Crippen molar-refractivity contribution < 1.29 is 19.1 Å². The molecule has 1 aliphatic heterocycles. The monoisotopic (exact) mass is 430 g/mol. The molecule has 0 aromatic heterocycles. The molecule has 0 atom stereocenters. The van der Waals surface area contributed by atoms with Crippen LogP contribution in [-0.4, -0.2) is 42.9 Å². The molecule has 1 aromatic rings. The molecule has 1 heterocycles. The Hall–Kier alpha value is -2.31. The number of ether oxygens (including phenoxy) is 2. The summed E-state index contributed by atoms with van der Waals surface area (Å²) in [6.45, 7) is 9.97. The minimum atomic E-state index is -0.481. The second-order valence-electron chi connectivity index (χ2n) is 8.68. The lowest BCUT2D eigenvalue weighted by atomic mass is 10.1. The number of hydrogen-bond acceptors (Lipinski definition) is 6. The molecular weight excluding hydrogens is 392 g/mol. The summed E-state index contributed by atoms with van der Waals surface area (Å²) in [6.07, 6.45) is 8.11. The van der Waals surface area contributed by atoms with Crippen LogP contribution in [0.3, 0.4) is 0 Å². The van der Waals surface area contributed by atoms with E-state index in [0.29, 0.717) is 19.7 Å². The van der Waals surface area contributed by atoms with Crippen LogP contribution in [0.4, 0.5) is 0 Å². The highest BCUT2D eigenvalue weighted by molar-refractivity contribution is 5.69. The molecule has 0 aliphatic carbocycles. The highest BCUT2D eigenvalue weighted by Gasteiger charge is 2.19. The molecule has 1 aliphatic rings. The fourth-order valence-corrected chi connectivity index (χ4v) is 3.17. The second kappa shape index (κ2) is 12.5. The number of esters is 1. The van der Waals surface area contributed by atoms with Crippen molar-refractivity contribution in [2.24, 2.45) is 5.73 Å². The van der Waals surface area contributed by atoms with Gasteiger partial charge in [-0.15, -0.1) is 0 Å². The Morgan fingerprint density at radius 1 is 1.10 bits per heavy atom. The van der Waals surface area contributed by atoms with E-state index in [-0.39, 0.29) is 19.0 Å². The SMILES string of the molecule is CCC1=CC=C(CCOc2ccc(CCCN)cc2)N(OCCC(=O)OC(C)(C)C)C1. The third kappa shape index (κ3) is 9.57. The Morgan fingerprint density at radius 2 is 1.84 bits per heavy atom. The molecule has 0 saturated heterocycles. The molecule has 6 heteroatoms. The number of rotatable bonds is 12. The van der Waals surface area contributed by atoms with Crippen molar-refractivity contribution in [1.82, 2.24) is 5.06 Å². The summed E-state index contributed by atoms with van der Waals surface area (Å²) in [5.74, 6) is 0.606. The maximum absolute atomic E-state index is 11.9.